The minimum Gasteiger partial charge on any atom is -0.341 e. The standard InChI is InChI=1S/C16H13ClN2O/c1-11(20)15-10-19(9-13-4-2-3-7-18-13)16-8-12(17)5-6-14(15)16/h2-8,10H,9H2,1H3. The first-order chi connectivity index (χ1) is 9.65. The molecule has 0 aliphatic rings. The lowest BCUT2D eigenvalue weighted by atomic mass is 10.1. The summed E-state index contributed by atoms with van der Waals surface area (Å²) < 4.78 is 2.01. The van der Waals surface area contributed by atoms with Crippen LogP contribution in [0.25, 0.3) is 10.9 Å². The smallest absolute Gasteiger partial charge is 0.161 e. The predicted octanol–water partition coefficient (Wildman–Crippen LogP) is 3.94. The number of Topliss-reactive ketones (excluding diaryl/α,β-unsaturated/α-hetero) is 1. The molecular weight excluding hydrogens is 272 g/mol. The van der Waals surface area contributed by atoms with Gasteiger partial charge in [0.15, 0.2) is 5.78 Å². The van der Waals surface area contributed by atoms with E-state index in [1.54, 1.807) is 19.2 Å². The second-order valence-corrected chi connectivity index (χ2v) is 5.15. The van der Waals surface area contributed by atoms with Gasteiger partial charge < -0.3 is 4.57 Å². The number of pyridine rings is 1. The first-order valence-corrected chi connectivity index (χ1v) is 6.72. The number of fused-ring (bicyclic) bond motifs is 1. The number of ketones is 1. The number of halogens is 1. The van der Waals surface area contributed by atoms with Crippen molar-refractivity contribution in [1.29, 1.82) is 0 Å². The first-order valence-electron chi connectivity index (χ1n) is 6.34. The molecule has 0 radical (unpaired) electrons. The van der Waals surface area contributed by atoms with Crippen molar-refractivity contribution in [3.8, 4) is 0 Å². The largest absolute Gasteiger partial charge is 0.341 e. The normalized spacial score (nSPS) is 10.9. The van der Waals surface area contributed by atoms with Gasteiger partial charge in [0, 0.05) is 28.4 Å². The van der Waals surface area contributed by atoms with Crippen molar-refractivity contribution in [2.24, 2.45) is 0 Å². The van der Waals surface area contributed by atoms with Gasteiger partial charge in [-0.25, -0.2) is 0 Å². The van der Waals surface area contributed by atoms with Crippen LogP contribution in [0.3, 0.4) is 0 Å². The van der Waals surface area contributed by atoms with Gasteiger partial charge in [-0.2, -0.15) is 0 Å². The summed E-state index contributed by atoms with van der Waals surface area (Å²) in [5.74, 6) is 0.0529. The lowest BCUT2D eigenvalue weighted by molar-refractivity contribution is 0.101. The molecule has 4 heteroatoms. The van der Waals surface area contributed by atoms with Crippen LogP contribution in [0.15, 0.2) is 48.8 Å². The number of carbonyl (C=O) groups is 1. The zero-order valence-corrected chi connectivity index (χ0v) is 11.8. The van der Waals surface area contributed by atoms with Gasteiger partial charge in [-0.3, -0.25) is 9.78 Å². The summed E-state index contributed by atoms with van der Waals surface area (Å²) in [4.78, 5) is 16.1. The predicted molar refractivity (Wildman–Crippen MR) is 80.3 cm³/mol. The van der Waals surface area contributed by atoms with E-state index in [9.17, 15) is 4.79 Å². The van der Waals surface area contributed by atoms with Crippen molar-refractivity contribution < 1.29 is 4.79 Å². The average molecular weight is 285 g/mol. The molecule has 0 N–H and O–H groups in total. The highest BCUT2D eigenvalue weighted by Crippen LogP contribution is 2.25. The molecule has 0 saturated carbocycles. The van der Waals surface area contributed by atoms with Gasteiger partial charge in [0.1, 0.15) is 0 Å². The van der Waals surface area contributed by atoms with Crippen molar-refractivity contribution in [2.75, 3.05) is 0 Å². The Bertz CT molecular complexity index is 778. The first kappa shape index (κ1) is 12.9. The fraction of sp³-hybridized carbons (Fsp3) is 0.125. The van der Waals surface area contributed by atoms with E-state index in [2.05, 4.69) is 4.98 Å². The van der Waals surface area contributed by atoms with E-state index in [4.69, 9.17) is 11.6 Å². The number of benzene rings is 1. The van der Waals surface area contributed by atoms with Crippen LogP contribution >= 0.6 is 11.6 Å². The second kappa shape index (κ2) is 5.10. The molecule has 0 amide bonds. The summed E-state index contributed by atoms with van der Waals surface area (Å²) in [5, 5.41) is 1.59. The second-order valence-electron chi connectivity index (χ2n) is 4.71. The van der Waals surface area contributed by atoms with Crippen LogP contribution in [0.4, 0.5) is 0 Å². The molecule has 0 atom stereocenters. The van der Waals surface area contributed by atoms with Crippen LogP contribution < -0.4 is 0 Å². The van der Waals surface area contributed by atoms with Crippen LogP contribution in [-0.2, 0) is 6.54 Å². The maximum atomic E-state index is 11.7. The number of carbonyl (C=O) groups excluding carboxylic acids is 1. The third kappa shape index (κ3) is 2.32. The molecule has 0 aliphatic heterocycles. The Balaban J connectivity index is 2.15. The van der Waals surface area contributed by atoms with Gasteiger partial charge >= 0.3 is 0 Å². The monoisotopic (exact) mass is 284 g/mol. The van der Waals surface area contributed by atoms with Crippen molar-refractivity contribution >= 4 is 28.3 Å². The van der Waals surface area contributed by atoms with Gasteiger partial charge in [0.2, 0.25) is 0 Å². The highest BCUT2D eigenvalue weighted by Gasteiger charge is 2.12. The van der Waals surface area contributed by atoms with Crippen molar-refractivity contribution in [3.05, 3.63) is 65.1 Å². The molecule has 3 rings (SSSR count). The van der Waals surface area contributed by atoms with Gasteiger partial charge in [-0.05, 0) is 31.2 Å². The molecule has 100 valence electrons. The minimum absolute atomic E-state index is 0.0529. The average Bonchev–Trinajstić information content (AvgIpc) is 2.78. The molecule has 3 nitrogen and oxygen atoms in total. The molecule has 2 aromatic heterocycles. The fourth-order valence-electron chi connectivity index (χ4n) is 2.34. The van der Waals surface area contributed by atoms with E-state index in [-0.39, 0.29) is 5.78 Å². The summed E-state index contributed by atoms with van der Waals surface area (Å²) in [6, 6.07) is 11.4. The Morgan fingerprint density at radius 3 is 2.85 bits per heavy atom. The maximum Gasteiger partial charge on any atom is 0.161 e. The van der Waals surface area contributed by atoms with Gasteiger partial charge in [-0.15, -0.1) is 0 Å². The summed E-state index contributed by atoms with van der Waals surface area (Å²) in [5.41, 5.74) is 2.61. The fourth-order valence-corrected chi connectivity index (χ4v) is 2.51. The molecule has 0 unspecified atom stereocenters. The highest BCUT2D eigenvalue weighted by molar-refractivity contribution is 6.31. The Morgan fingerprint density at radius 1 is 1.30 bits per heavy atom. The highest BCUT2D eigenvalue weighted by atomic mass is 35.5. The minimum atomic E-state index is 0.0529. The molecule has 0 aliphatic carbocycles. The third-order valence-corrected chi connectivity index (χ3v) is 3.52. The number of hydrogen-bond donors (Lipinski definition) is 0. The maximum absolute atomic E-state index is 11.7. The lowest BCUT2D eigenvalue weighted by Crippen LogP contribution is -2.00. The number of hydrogen-bond acceptors (Lipinski definition) is 2. The van der Waals surface area contributed by atoms with E-state index >= 15 is 0 Å². The zero-order valence-electron chi connectivity index (χ0n) is 11.0. The van der Waals surface area contributed by atoms with E-state index < -0.39 is 0 Å². The van der Waals surface area contributed by atoms with E-state index in [1.165, 1.54) is 0 Å². The molecule has 0 saturated heterocycles. The van der Waals surface area contributed by atoms with Crippen LogP contribution in [0.1, 0.15) is 23.0 Å². The Kier molecular flexibility index (Phi) is 3.28. The summed E-state index contributed by atoms with van der Waals surface area (Å²) in [6.45, 7) is 2.19. The van der Waals surface area contributed by atoms with Gasteiger partial charge in [-0.1, -0.05) is 23.7 Å². The topological polar surface area (TPSA) is 34.9 Å². The molecule has 2 heterocycles. The van der Waals surface area contributed by atoms with Gasteiger partial charge in [0.25, 0.3) is 0 Å². The van der Waals surface area contributed by atoms with E-state index in [0.717, 1.165) is 16.6 Å². The Hall–Kier alpha value is -2.13. The van der Waals surface area contributed by atoms with Crippen LogP contribution in [-0.4, -0.2) is 15.3 Å². The van der Waals surface area contributed by atoms with E-state index in [0.29, 0.717) is 17.1 Å². The number of rotatable bonds is 3. The molecule has 20 heavy (non-hydrogen) atoms. The summed E-state index contributed by atoms with van der Waals surface area (Å²) in [7, 11) is 0. The molecule has 0 spiro atoms. The zero-order chi connectivity index (χ0) is 14.1. The quantitative estimate of drug-likeness (QED) is 0.683. The third-order valence-electron chi connectivity index (χ3n) is 3.28. The summed E-state index contributed by atoms with van der Waals surface area (Å²) in [6.07, 6.45) is 3.64. The van der Waals surface area contributed by atoms with Crippen molar-refractivity contribution in [2.45, 2.75) is 13.5 Å². The molecule has 1 aromatic carbocycles. The number of aromatic nitrogens is 2. The Labute approximate surface area is 121 Å². The van der Waals surface area contributed by atoms with Crippen LogP contribution in [0, 0.1) is 0 Å². The van der Waals surface area contributed by atoms with Crippen LogP contribution in [0.2, 0.25) is 5.02 Å². The molecule has 3 aromatic rings. The SMILES string of the molecule is CC(=O)c1cn(Cc2ccccn2)c2cc(Cl)ccc12. The van der Waals surface area contributed by atoms with Crippen LogP contribution in [0.5, 0.6) is 0 Å². The molecular formula is C16H13ClN2O. The van der Waals surface area contributed by atoms with E-state index in [1.807, 2.05) is 41.1 Å². The number of nitrogens with zero attached hydrogens (tertiary/aromatic N) is 2. The molecule has 0 bridgehead atoms. The molecule has 0 fully saturated rings. The van der Waals surface area contributed by atoms with Gasteiger partial charge in [0.05, 0.1) is 17.8 Å². The lowest BCUT2D eigenvalue weighted by Gasteiger charge is -2.04. The summed E-state index contributed by atoms with van der Waals surface area (Å²) >= 11 is 6.07. The Morgan fingerprint density at radius 2 is 2.15 bits per heavy atom. The van der Waals surface area contributed by atoms with Crippen molar-refractivity contribution in [1.82, 2.24) is 9.55 Å². The van der Waals surface area contributed by atoms with Crippen molar-refractivity contribution in [3.63, 3.8) is 0 Å².